The van der Waals surface area contributed by atoms with Crippen LogP contribution in [-0.2, 0) is 4.79 Å². The van der Waals surface area contributed by atoms with E-state index in [0.29, 0.717) is 11.7 Å². The first-order valence-electron chi connectivity index (χ1n) is 6.32. The quantitative estimate of drug-likeness (QED) is 0.668. The average molecular weight is 194 g/mol. The number of hydrogen-bond donors (Lipinski definition) is 0. The average Bonchev–Trinajstić information content (AvgIpc) is 2.59. The fourth-order valence-electron chi connectivity index (χ4n) is 2.89. The normalized spacial score (nSPS) is 32.9. The Bertz CT molecular complexity index is 205. The van der Waals surface area contributed by atoms with Crippen LogP contribution in [0.15, 0.2) is 0 Å². The van der Waals surface area contributed by atoms with Crippen LogP contribution in [0.5, 0.6) is 0 Å². The topological polar surface area (TPSA) is 17.1 Å². The van der Waals surface area contributed by atoms with Gasteiger partial charge in [0.2, 0.25) is 0 Å². The van der Waals surface area contributed by atoms with Crippen molar-refractivity contribution >= 4 is 5.78 Å². The fourth-order valence-corrected chi connectivity index (χ4v) is 2.89. The molecule has 0 radical (unpaired) electrons. The maximum absolute atomic E-state index is 11.9. The van der Waals surface area contributed by atoms with Crippen molar-refractivity contribution in [2.75, 3.05) is 0 Å². The van der Waals surface area contributed by atoms with Gasteiger partial charge in [0, 0.05) is 12.3 Å². The summed E-state index contributed by atoms with van der Waals surface area (Å²) in [5, 5.41) is 0. The van der Waals surface area contributed by atoms with E-state index >= 15 is 0 Å². The zero-order chi connectivity index (χ0) is 9.97. The second kappa shape index (κ2) is 4.46. The van der Waals surface area contributed by atoms with Crippen molar-refractivity contribution in [1.29, 1.82) is 0 Å². The molecule has 0 aromatic heterocycles. The predicted octanol–water partition coefficient (Wildman–Crippen LogP) is 3.57. The molecule has 0 heterocycles. The molecule has 0 spiro atoms. The molecular weight excluding hydrogens is 172 g/mol. The fraction of sp³-hybridized carbons (Fsp3) is 0.923. The Morgan fingerprint density at radius 3 is 2.43 bits per heavy atom. The lowest BCUT2D eigenvalue weighted by Gasteiger charge is -2.25. The summed E-state index contributed by atoms with van der Waals surface area (Å²) in [5.74, 6) is 2.65. The summed E-state index contributed by atoms with van der Waals surface area (Å²) >= 11 is 0. The van der Waals surface area contributed by atoms with Gasteiger partial charge in [-0.25, -0.2) is 0 Å². The summed E-state index contributed by atoms with van der Waals surface area (Å²) in [4.78, 5) is 11.9. The lowest BCUT2D eigenvalue weighted by Crippen LogP contribution is -2.20. The van der Waals surface area contributed by atoms with Crippen LogP contribution in [0.2, 0.25) is 0 Å². The molecule has 2 fully saturated rings. The molecule has 0 aliphatic heterocycles. The Hall–Kier alpha value is -0.330. The van der Waals surface area contributed by atoms with E-state index in [9.17, 15) is 4.79 Å². The smallest absolute Gasteiger partial charge is 0.136 e. The Labute approximate surface area is 87.3 Å². The SMILES string of the molecule is CCC1CCC(C(=O)CC2CCC2)C1. The van der Waals surface area contributed by atoms with E-state index in [1.165, 1.54) is 44.9 Å². The zero-order valence-electron chi connectivity index (χ0n) is 9.30. The number of hydrogen-bond acceptors (Lipinski definition) is 1. The van der Waals surface area contributed by atoms with Crippen LogP contribution in [0.25, 0.3) is 0 Å². The van der Waals surface area contributed by atoms with Crippen molar-refractivity contribution < 1.29 is 4.79 Å². The van der Waals surface area contributed by atoms with Crippen molar-refractivity contribution in [3.05, 3.63) is 0 Å². The first kappa shape index (κ1) is 10.2. The molecule has 0 aromatic rings. The zero-order valence-corrected chi connectivity index (χ0v) is 9.30. The monoisotopic (exact) mass is 194 g/mol. The summed E-state index contributed by atoms with van der Waals surface area (Å²) in [5.41, 5.74) is 0. The third-order valence-corrected chi connectivity index (χ3v) is 4.29. The minimum atomic E-state index is 0.445. The highest BCUT2D eigenvalue weighted by Crippen LogP contribution is 2.37. The van der Waals surface area contributed by atoms with Gasteiger partial charge in [0.05, 0.1) is 0 Å². The summed E-state index contributed by atoms with van der Waals surface area (Å²) in [6.07, 6.45) is 9.85. The van der Waals surface area contributed by atoms with Crippen LogP contribution in [0.4, 0.5) is 0 Å². The van der Waals surface area contributed by atoms with Gasteiger partial charge in [-0.2, -0.15) is 0 Å². The third kappa shape index (κ3) is 2.18. The number of carbonyl (C=O) groups excluding carboxylic acids is 1. The molecule has 2 unspecified atom stereocenters. The van der Waals surface area contributed by atoms with Gasteiger partial charge in [-0.15, -0.1) is 0 Å². The van der Waals surface area contributed by atoms with E-state index in [1.54, 1.807) is 0 Å². The minimum absolute atomic E-state index is 0.445. The summed E-state index contributed by atoms with van der Waals surface area (Å²) in [6.45, 7) is 2.25. The molecule has 0 bridgehead atoms. The van der Waals surface area contributed by atoms with E-state index in [-0.39, 0.29) is 0 Å². The molecule has 0 amide bonds. The lowest BCUT2D eigenvalue weighted by molar-refractivity contribution is -0.124. The van der Waals surface area contributed by atoms with Crippen LogP contribution < -0.4 is 0 Å². The van der Waals surface area contributed by atoms with Gasteiger partial charge in [0.1, 0.15) is 5.78 Å². The molecule has 0 aromatic carbocycles. The van der Waals surface area contributed by atoms with Gasteiger partial charge < -0.3 is 0 Å². The molecule has 2 saturated carbocycles. The maximum Gasteiger partial charge on any atom is 0.136 e. The van der Waals surface area contributed by atoms with Crippen LogP contribution in [0.3, 0.4) is 0 Å². The predicted molar refractivity (Wildman–Crippen MR) is 58.1 cm³/mol. The minimum Gasteiger partial charge on any atom is -0.299 e. The Morgan fingerprint density at radius 2 is 1.93 bits per heavy atom. The van der Waals surface area contributed by atoms with Gasteiger partial charge in [0.15, 0.2) is 0 Å². The van der Waals surface area contributed by atoms with Crippen molar-refractivity contribution in [3.8, 4) is 0 Å². The molecule has 2 rings (SSSR count). The van der Waals surface area contributed by atoms with Crippen molar-refractivity contribution in [1.82, 2.24) is 0 Å². The molecule has 80 valence electrons. The molecule has 2 atom stereocenters. The summed E-state index contributed by atoms with van der Waals surface area (Å²) < 4.78 is 0. The van der Waals surface area contributed by atoms with Gasteiger partial charge in [-0.05, 0) is 31.1 Å². The molecule has 1 heteroatoms. The summed E-state index contributed by atoms with van der Waals surface area (Å²) in [6, 6.07) is 0. The first-order chi connectivity index (χ1) is 6.79. The third-order valence-electron chi connectivity index (χ3n) is 4.29. The Morgan fingerprint density at radius 1 is 1.14 bits per heavy atom. The molecule has 14 heavy (non-hydrogen) atoms. The molecular formula is C13H22O. The standard InChI is InChI=1S/C13H22O/c1-2-10-6-7-12(8-10)13(14)9-11-4-3-5-11/h10-12H,2-9H2,1H3. The Balaban J connectivity index is 1.74. The number of Topliss-reactive ketones (excluding diaryl/α,β-unsaturated/α-hetero) is 1. The molecule has 2 aliphatic carbocycles. The highest BCUT2D eigenvalue weighted by molar-refractivity contribution is 5.81. The van der Waals surface area contributed by atoms with Crippen LogP contribution in [0, 0.1) is 17.8 Å². The van der Waals surface area contributed by atoms with E-state index < -0.39 is 0 Å². The van der Waals surface area contributed by atoms with Crippen LogP contribution in [0.1, 0.15) is 58.3 Å². The second-order valence-electron chi connectivity index (χ2n) is 5.25. The van der Waals surface area contributed by atoms with E-state index in [0.717, 1.165) is 18.3 Å². The first-order valence-corrected chi connectivity index (χ1v) is 6.32. The van der Waals surface area contributed by atoms with Gasteiger partial charge >= 0.3 is 0 Å². The highest BCUT2D eigenvalue weighted by atomic mass is 16.1. The van der Waals surface area contributed by atoms with Gasteiger partial charge in [0.25, 0.3) is 0 Å². The van der Waals surface area contributed by atoms with E-state index in [2.05, 4.69) is 6.92 Å². The molecule has 0 saturated heterocycles. The maximum atomic E-state index is 11.9. The molecule has 0 N–H and O–H groups in total. The highest BCUT2D eigenvalue weighted by Gasteiger charge is 2.31. The summed E-state index contributed by atoms with van der Waals surface area (Å²) in [7, 11) is 0. The number of carbonyl (C=O) groups is 1. The largest absolute Gasteiger partial charge is 0.299 e. The van der Waals surface area contributed by atoms with Gasteiger partial charge in [-0.3, -0.25) is 4.79 Å². The second-order valence-corrected chi connectivity index (χ2v) is 5.25. The lowest BCUT2D eigenvalue weighted by atomic mass is 9.79. The molecule has 1 nitrogen and oxygen atoms in total. The van der Waals surface area contributed by atoms with E-state index in [1.807, 2.05) is 0 Å². The number of rotatable bonds is 4. The number of ketones is 1. The van der Waals surface area contributed by atoms with Gasteiger partial charge in [-0.1, -0.05) is 32.6 Å². The van der Waals surface area contributed by atoms with Crippen LogP contribution in [-0.4, -0.2) is 5.78 Å². The van der Waals surface area contributed by atoms with Crippen molar-refractivity contribution in [2.24, 2.45) is 17.8 Å². The Kier molecular flexibility index (Phi) is 3.25. The van der Waals surface area contributed by atoms with Crippen LogP contribution >= 0.6 is 0 Å². The van der Waals surface area contributed by atoms with Crippen molar-refractivity contribution in [3.63, 3.8) is 0 Å². The van der Waals surface area contributed by atoms with E-state index in [4.69, 9.17) is 0 Å². The van der Waals surface area contributed by atoms with Crippen molar-refractivity contribution in [2.45, 2.75) is 58.3 Å². The molecule has 2 aliphatic rings.